The third-order valence-corrected chi connectivity index (χ3v) is 1.63. The summed E-state index contributed by atoms with van der Waals surface area (Å²) in [6, 6.07) is 0. The normalized spacial score (nSPS) is 9.86. The van der Waals surface area contributed by atoms with E-state index in [9.17, 15) is 9.59 Å². The Bertz CT molecular complexity index is 408. The highest BCUT2D eigenvalue weighted by Crippen LogP contribution is 2.03. The number of nitrogens with zero attached hydrogens (tertiary/aromatic N) is 1. The van der Waals surface area contributed by atoms with E-state index < -0.39 is 17.1 Å². The van der Waals surface area contributed by atoms with Crippen LogP contribution in [-0.4, -0.2) is 22.2 Å². The van der Waals surface area contributed by atoms with Gasteiger partial charge in [0.25, 0.3) is 0 Å². The van der Waals surface area contributed by atoms with Crippen molar-refractivity contribution in [1.82, 2.24) is 4.57 Å². The molecule has 0 aliphatic rings. The van der Waals surface area contributed by atoms with Crippen molar-refractivity contribution < 1.29 is 14.6 Å². The van der Waals surface area contributed by atoms with Crippen molar-refractivity contribution in [2.24, 2.45) is 7.05 Å². The van der Waals surface area contributed by atoms with Crippen LogP contribution in [0.5, 0.6) is 5.75 Å². The van der Waals surface area contributed by atoms with E-state index in [0.29, 0.717) is 0 Å². The number of rotatable bonds is 2. The van der Waals surface area contributed by atoms with Crippen LogP contribution in [0.1, 0.15) is 17.3 Å². The van der Waals surface area contributed by atoms with Gasteiger partial charge in [0.2, 0.25) is 5.43 Å². The molecule has 0 atom stereocenters. The zero-order valence-corrected chi connectivity index (χ0v) is 7.98. The predicted molar refractivity (Wildman–Crippen MR) is 49.3 cm³/mol. The number of pyridine rings is 1. The summed E-state index contributed by atoms with van der Waals surface area (Å²) in [6.45, 7) is 1.84. The van der Waals surface area contributed by atoms with Crippen LogP contribution in [0.4, 0.5) is 0 Å². The van der Waals surface area contributed by atoms with E-state index in [0.717, 1.165) is 0 Å². The Kier molecular flexibility index (Phi) is 2.91. The van der Waals surface area contributed by atoms with Crippen LogP contribution in [-0.2, 0) is 11.8 Å². The number of carbonyl (C=O) groups is 1. The number of esters is 1. The van der Waals surface area contributed by atoms with Crippen LogP contribution in [0.15, 0.2) is 17.2 Å². The van der Waals surface area contributed by atoms with Crippen LogP contribution in [0.3, 0.4) is 0 Å². The molecule has 0 aliphatic carbocycles. The Morgan fingerprint density at radius 3 is 2.79 bits per heavy atom. The molecule has 76 valence electrons. The van der Waals surface area contributed by atoms with Gasteiger partial charge in [-0.15, -0.1) is 0 Å². The maximum absolute atomic E-state index is 11.3. The summed E-state index contributed by atoms with van der Waals surface area (Å²) in [5.41, 5.74) is -0.865. The second-order valence-electron chi connectivity index (χ2n) is 2.77. The lowest BCUT2D eigenvalue weighted by Crippen LogP contribution is -2.18. The second kappa shape index (κ2) is 3.95. The Morgan fingerprint density at radius 2 is 2.21 bits per heavy atom. The van der Waals surface area contributed by atoms with E-state index in [-0.39, 0.29) is 12.2 Å². The largest absolute Gasteiger partial charge is 0.503 e. The van der Waals surface area contributed by atoms with E-state index in [4.69, 9.17) is 5.11 Å². The fourth-order valence-electron chi connectivity index (χ4n) is 1.04. The van der Waals surface area contributed by atoms with Crippen molar-refractivity contribution in [3.8, 4) is 5.75 Å². The Balaban J connectivity index is 3.21. The van der Waals surface area contributed by atoms with E-state index in [1.807, 2.05) is 0 Å². The fourth-order valence-corrected chi connectivity index (χ4v) is 1.04. The zero-order valence-electron chi connectivity index (χ0n) is 7.98. The Hall–Kier alpha value is -1.78. The van der Waals surface area contributed by atoms with E-state index >= 15 is 0 Å². The standard InChI is InChI=1S/C9H11NO4/c1-3-14-9(13)6-4-10(2)5-7(11)8(6)12/h4-5,11H,3H2,1-2H3. The van der Waals surface area contributed by atoms with Crippen molar-refractivity contribution in [2.45, 2.75) is 6.92 Å². The van der Waals surface area contributed by atoms with Crippen LogP contribution in [0.25, 0.3) is 0 Å². The van der Waals surface area contributed by atoms with Gasteiger partial charge in [0, 0.05) is 19.4 Å². The third-order valence-electron chi connectivity index (χ3n) is 1.63. The van der Waals surface area contributed by atoms with Crippen molar-refractivity contribution in [3.63, 3.8) is 0 Å². The number of aromatic nitrogens is 1. The van der Waals surface area contributed by atoms with Gasteiger partial charge in [-0.05, 0) is 6.92 Å². The first kappa shape index (κ1) is 10.3. The molecule has 1 aromatic rings. The number of hydrogen-bond acceptors (Lipinski definition) is 4. The van der Waals surface area contributed by atoms with Crippen LogP contribution >= 0.6 is 0 Å². The summed E-state index contributed by atoms with van der Waals surface area (Å²) in [4.78, 5) is 22.5. The lowest BCUT2D eigenvalue weighted by molar-refractivity contribution is 0.0523. The van der Waals surface area contributed by atoms with Crippen molar-refractivity contribution in [1.29, 1.82) is 0 Å². The highest BCUT2D eigenvalue weighted by molar-refractivity contribution is 5.89. The third kappa shape index (κ3) is 1.93. The number of aryl methyl sites for hydroxylation is 1. The van der Waals surface area contributed by atoms with Gasteiger partial charge in [-0.2, -0.15) is 0 Å². The van der Waals surface area contributed by atoms with Crippen LogP contribution in [0, 0.1) is 0 Å². The average molecular weight is 197 g/mol. The summed E-state index contributed by atoms with van der Waals surface area (Å²) in [6.07, 6.45) is 2.55. The van der Waals surface area contributed by atoms with E-state index in [1.54, 1.807) is 14.0 Å². The molecule has 1 heterocycles. The molecule has 0 saturated carbocycles. The molecule has 1 N–H and O–H groups in total. The van der Waals surface area contributed by atoms with Crippen molar-refractivity contribution in [2.75, 3.05) is 6.61 Å². The average Bonchev–Trinajstić information content (AvgIpc) is 2.11. The van der Waals surface area contributed by atoms with Gasteiger partial charge in [0.15, 0.2) is 5.75 Å². The van der Waals surface area contributed by atoms with Gasteiger partial charge in [-0.3, -0.25) is 4.79 Å². The van der Waals surface area contributed by atoms with Crippen LogP contribution < -0.4 is 5.43 Å². The zero-order chi connectivity index (χ0) is 10.7. The molecule has 0 aliphatic heterocycles. The Labute approximate surface area is 80.6 Å². The van der Waals surface area contributed by atoms with Gasteiger partial charge in [0.1, 0.15) is 5.56 Å². The molecule has 0 aromatic carbocycles. The SMILES string of the molecule is CCOC(=O)c1cn(C)cc(O)c1=O. The van der Waals surface area contributed by atoms with Crippen LogP contribution in [0.2, 0.25) is 0 Å². The molecule has 5 heteroatoms. The van der Waals surface area contributed by atoms with Crippen molar-refractivity contribution in [3.05, 3.63) is 28.2 Å². The van der Waals surface area contributed by atoms with Gasteiger partial charge in [-0.25, -0.2) is 4.79 Å². The molecule has 0 saturated heterocycles. The lowest BCUT2D eigenvalue weighted by atomic mass is 10.2. The van der Waals surface area contributed by atoms with Gasteiger partial charge < -0.3 is 14.4 Å². The minimum atomic E-state index is -0.719. The van der Waals surface area contributed by atoms with Gasteiger partial charge in [0.05, 0.1) is 6.61 Å². The molecular weight excluding hydrogens is 186 g/mol. The maximum Gasteiger partial charge on any atom is 0.343 e. The summed E-state index contributed by atoms with van der Waals surface area (Å²) in [7, 11) is 1.60. The first-order chi connectivity index (χ1) is 6.56. The minimum absolute atomic E-state index is 0.158. The molecule has 0 radical (unpaired) electrons. The van der Waals surface area contributed by atoms with Crippen molar-refractivity contribution >= 4 is 5.97 Å². The molecular formula is C9H11NO4. The summed E-state index contributed by atoms with van der Waals surface area (Å²) in [5.74, 6) is -1.18. The lowest BCUT2D eigenvalue weighted by Gasteiger charge is -2.04. The fraction of sp³-hybridized carbons (Fsp3) is 0.333. The monoisotopic (exact) mass is 197 g/mol. The van der Waals surface area contributed by atoms with E-state index in [2.05, 4.69) is 4.74 Å². The minimum Gasteiger partial charge on any atom is -0.503 e. The van der Waals surface area contributed by atoms with E-state index in [1.165, 1.54) is 17.0 Å². The number of hydrogen-bond donors (Lipinski definition) is 1. The number of aromatic hydroxyl groups is 1. The van der Waals surface area contributed by atoms with Gasteiger partial charge in [-0.1, -0.05) is 0 Å². The maximum atomic E-state index is 11.3. The van der Waals surface area contributed by atoms with Gasteiger partial charge >= 0.3 is 5.97 Å². The summed E-state index contributed by atoms with van der Waals surface area (Å²) < 4.78 is 6.08. The summed E-state index contributed by atoms with van der Waals surface area (Å²) in [5, 5.41) is 9.16. The highest BCUT2D eigenvalue weighted by Gasteiger charge is 2.14. The Morgan fingerprint density at radius 1 is 1.57 bits per heavy atom. The molecule has 0 unspecified atom stereocenters. The summed E-state index contributed by atoms with van der Waals surface area (Å²) >= 11 is 0. The molecule has 0 fully saturated rings. The molecule has 1 rings (SSSR count). The molecule has 1 aromatic heterocycles. The molecule has 0 spiro atoms. The molecule has 5 nitrogen and oxygen atoms in total. The highest BCUT2D eigenvalue weighted by atomic mass is 16.5. The number of carbonyl (C=O) groups excluding carboxylic acids is 1. The first-order valence-corrected chi connectivity index (χ1v) is 4.12. The smallest absolute Gasteiger partial charge is 0.343 e. The first-order valence-electron chi connectivity index (χ1n) is 4.12. The predicted octanol–water partition coefficient (Wildman–Crippen LogP) is 0.268. The molecule has 14 heavy (non-hydrogen) atoms. The topological polar surface area (TPSA) is 68.5 Å². The molecule has 0 bridgehead atoms. The quantitative estimate of drug-likeness (QED) is 0.691. The molecule has 0 amide bonds. The number of ether oxygens (including phenoxy) is 1. The second-order valence-corrected chi connectivity index (χ2v) is 2.77.